The molecule has 0 aromatic heterocycles. The van der Waals surface area contributed by atoms with Crippen molar-refractivity contribution >= 4 is 23.2 Å². The van der Waals surface area contributed by atoms with E-state index >= 15 is 0 Å². The molecule has 0 aliphatic carbocycles. The lowest BCUT2D eigenvalue weighted by molar-refractivity contribution is -0.274. The van der Waals surface area contributed by atoms with E-state index in [9.17, 15) is 18.0 Å². The third-order valence-electron chi connectivity index (χ3n) is 4.87. The van der Waals surface area contributed by atoms with Gasteiger partial charge in [-0.1, -0.05) is 55.8 Å². The SMILES string of the molecule is CCC(C)c1ccccc1C(CN(C)C(=O)CCl)=NC.Cc1ccc(OC(F)(F)F)cc1. The number of likely N-dealkylation sites (N-methyl/N-ethyl adjacent to an activating group) is 1. The molecule has 0 aliphatic rings. The van der Waals surface area contributed by atoms with Gasteiger partial charge < -0.3 is 9.64 Å². The van der Waals surface area contributed by atoms with Crippen molar-refractivity contribution in [2.75, 3.05) is 26.5 Å². The Morgan fingerprint density at radius 1 is 1.16 bits per heavy atom. The molecule has 176 valence electrons. The van der Waals surface area contributed by atoms with E-state index in [4.69, 9.17) is 11.6 Å². The van der Waals surface area contributed by atoms with E-state index in [2.05, 4.69) is 35.7 Å². The highest BCUT2D eigenvalue weighted by molar-refractivity contribution is 6.27. The van der Waals surface area contributed by atoms with E-state index in [0.29, 0.717) is 12.5 Å². The van der Waals surface area contributed by atoms with Crippen molar-refractivity contribution in [1.29, 1.82) is 0 Å². The van der Waals surface area contributed by atoms with Crippen LogP contribution >= 0.6 is 11.6 Å². The average molecular weight is 471 g/mol. The summed E-state index contributed by atoms with van der Waals surface area (Å²) in [7, 11) is 3.52. The number of carbonyl (C=O) groups is 1. The summed E-state index contributed by atoms with van der Waals surface area (Å²) in [6.45, 7) is 6.65. The monoisotopic (exact) mass is 470 g/mol. The van der Waals surface area contributed by atoms with Crippen LogP contribution in [0.15, 0.2) is 53.5 Å². The number of nitrogens with zero attached hydrogens (tertiary/aromatic N) is 2. The molecule has 0 saturated heterocycles. The molecule has 0 fully saturated rings. The number of rotatable bonds is 7. The van der Waals surface area contributed by atoms with Crippen LogP contribution in [0.5, 0.6) is 5.75 Å². The van der Waals surface area contributed by atoms with Crippen LogP contribution in [0.3, 0.4) is 0 Å². The summed E-state index contributed by atoms with van der Waals surface area (Å²) in [5, 5.41) is 0. The number of hydrogen-bond donors (Lipinski definition) is 0. The lowest BCUT2D eigenvalue weighted by atomic mass is 9.91. The summed E-state index contributed by atoms with van der Waals surface area (Å²) in [6.07, 6.45) is -3.53. The Kier molecular flexibility index (Phi) is 11.3. The third kappa shape index (κ3) is 9.30. The maximum atomic E-state index is 11.6. The molecule has 32 heavy (non-hydrogen) atoms. The van der Waals surface area contributed by atoms with Crippen molar-refractivity contribution in [3.63, 3.8) is 0 Å². The quantitative estimate of drug-likeness (QED) is 0.356. The molecular formula is C24H30ClF3N2O2. The smallest absolute Gasteiger partial charge is 0.406 e. The molecule has 4 nitrogen and oxygen atoms in total. The Morgan fingerprint density at radius 3 is 2.25 bits per heavy atom. The zero-order chi connectivity index (χ0) is 24.3. The third-order valence-corrected chi connectivity index (χ3v) is 5.10. The molecular weight excluding hydrogens is 441 g/mol. The fraction of sp³-hybridized carbons (Fsp3) is 0.417. The van der Waals surface area contributed by atoms with E-state index in [0.717, 1.165) is 23.3 Å². The molecule has 0 heterocycles. The highest BCUT2D eigenvalue weighted by Gasteiger charge is 2.30. The van der Waals surface area contributed by atoms with Gasteiger partial charge in [-0.05, 0) is 37.0 Å². The second kappa shape index (κ2) is 13.1. The first kappa shape index (κ1) is 27.5. The van der Waals surface area contributed by atoms with Gasteiger partial charge in [-0.25, -0.2) is 0 Å². The number of benzene rings is 2. The molecule has 0 saturated carbocycles. The molecule has 1 atom stereocenters. The maximum Gasteiger partial charge on any atom is 0.573 e. The van der Waals surface area contributed by atoms with Gasteiger partial charge in [0.1, 0.15) is 11.6 Å². The zero-order valence-corrected chi connectivity index (χ0v) is 19.8. The summed E-state index contributed by atoms with van der Waals surface area (Å²) < 4.78 is 38.5. The Morgan fingerprint density at radius 2 is 1.75 bits per heavy atom. The molecule has 2 rings (SSSR count). The number of amides is 1. The van der Waals surface area contributed by atoms with Gasteiger partial charge in [-0.2, -0.15) is 0 Å². The van der Waals surface area contributed by atoms with Gasteiger partial charge >= 0.3 is 6.36 Å². The van der Waals surface area contributed by atoms with Crippen molar-refractivity contribution in [1.82, 2.24) is 4.90 Å². The van der Waals surface area contributed by atoms with Crippen LogP contribution < -0.4 is 4.74 Å². The number of hydrogen-bond acceptors (Lipinski definition) is 3. The van der Waals surface area contributed by atoms with Gasteiger partial charge in [0.25, 0.3) is 0 Å². The van der Waals surface area contributed by atoms with Crippen LogP contribution in [-0.4, -0.2) is 49.4 Å². The minimum Gasteiger partial charge on any atom is -0.406 e. The van der Waals surface area contributed by atoms with Crippen LogP contribution in [0.1, 0.15) is 42.9 Å². The van der Waals surface area contributed by atoms with Crippen LogP contribution in [0.2, 0.25) is 0 Å². The van der Waals surface area contributed by atoms with Crippen LogP contribution in [0, 0.1) is 6.92 Å². The van der Waals surface area contributed by atoms with E-state index in [1.807, 2.05) is 12.1 Å². The first-order valence-electron chi connectivity index (χ1n) is 10.2. The number of aliphatic imine (C=N–C) groups is 1. The van der Waals surface area contributed by atoms with Crippen molar-refractivity contribution in [3.8, 4) is 5.75 Å². The Hall–Kier alpha value is -2.54. The molecule has 0 radical (unpaired) electrons. The first-order valence-corrected chi connectivity index (χ1v) is 10.7. The minimum atomic E-state index is -4.60. The molecule has 8 heteroatoms. The molecule has 0 N–H and O–H groups in total. The van der Waals surface area contributed by atoms with Crippen molar-refractivity contribution in [3.05, 3.63) is 65.2 Å². The fourth-order valence-corrected chi connectivity index (χ4v) is 3.04. The maximum absolute atomic E-state index is 11.6. The van der Waals surface area contributed by atoms with Crippen LogP contribution in [0.25, 0.3) is 0 Å². The summed E-state index contributed by atoms with van der Waals surface area (Å²) in [5.74, 6) is 0.194. The lowest BCUT2D eigenvalue weighted by Gasteiger charge is -2.21. The number of alkyl halides is 4. The molecule has 0 spiro atoms. The molecule has 1 unspecified atom stereocenters. The summed E-state index contributed by atoms with van der Waals surface area (Å²) in [4.78, 5) is 17.6. The van der Waals surface area contributed by atoms with Gasteiger partial charge in [0.15, 0.2) is 0 Å². The van der Waals surface area contributed by atoms with E-state index < -0.39 is 6.36 Å². The number of ether oxygens (including phenoxy) is 1. The van der Waals surface area contributed by atoms with Gasteiger partial charge in [0.05, 0.1) is 12.3 Å². The van der Waals surface area contributed by atoms with Gasteiger partial charge in [0.2, 0.25) is 5.91 Å². The van der Waals surface area contributed by atoms with E-state index in [1.54, 1.807) is 38.1 Å². The second-order valence-corrected chi connectivity index (χ2v) is 7.58. The number of halogens is 4. The van der Waals surface area contributed by atoms with Crippen LogP contribution in [0.4, 0.5) is 13.2 Å². The normalized spacial score (nSPS) is 12.5. The predicted octanol–water partition coefficient (Wildman–Crippen LogP) is 6.21. The number of carbonyl (C=O) groups excluding carboxylic acids is 1. The lowest BCUT2D eigenvalue weighted by Crippen LogP contribution is -2.33. The highest BCUT2D eigenvalue weighted by Crippen LogP contribution is 2.24. The van der Waals surface area contributed by atoms with E-state index in [-0.39, 0.29) is 17.5 Å². The first-order chi connectivity index (χ1) is 15.0. The van der Waals surface area contributed by atoms with Crippen molar-refractivity contribution in [2.24, 2.45) is 4.99 Å². The highest BCUT2D eigenvalue weighted by atomic mass is 35.5. The fourth-order valence-electron chi connectivity index (χ4n) is 2.84. The summed E-state index contributed by atoms with van der Waals surface area (Å²) in [6, 6.07) is 13.9. The topological polar surface area (TPSA) is 41.9 Å². The standard InChI is InChI=1S/C16H23ClN2O.C8H7F3O/c1-5-12(2)13-8-6-7-9-14(13)15(18-3)11-19(4)16(20)10-17;1-6-2-4-7(5-3-6)12-8(9,10)11/h6-9,12H,5,10-11H2,1-4H3;2-5H,1H3. The van der Waals surface area contributed by atoms with Crippen molar-refractivity contribution < 1.29 is 22.7 Å². The Balaban J connectivity index is 0.000000363. The van der Waals surface area contributed by atoms with Crippen molar-refractivity contribution in [2.45, 2.75) is 39.5 Å². The zero-order valence-electron chi connectivity index (χ0n) is 19.0. The summed E-state index contributed by atoms with van der Waals surface area (Å²) >= 11 is 5.59. The second-order valence-electron chi connectivity index (χ2n) is 7.31. The number of aryl methyl sites for hydroxylation is 1. The average Bonchev–Trinajstić information content (AvgIpc) is 2.77. The van der Waals surface area contributed by atoms with Gasteiger partial charge in [-0.15, -0.1) is 24.8 Å². The summed E-state index contributed by atoms with van der Waals surface area (Å²) in [5.41, 5.74) is 4.22. The Labute approximate surface area is 193 Å². The molecule has 0 bridgehead atoms. The molecule has 2 aromatic carbocycles. The molecule has 2 aromatic rings. The van der Waals surface area contributed by atoms with E-state index in [1.165, 1.54) is 17.7 Å². The molecule has 0 aliphatic heterocycles. The predicted molar refractivity (Wildman–Crippen MR) is 124 cm³/mol. The van der Waals surface area contributed by atoms with Gasteiger partial charge in [0, 0.05) is 19.7 Å². The Bertz CT molecular complexity index is 884. The van der Waals surface area contributed by atoms with Crippen LogP contribution in [-0.2, 0) is 4.79 Å². The molecule has 1 amide bonds. The minimum absolute atomic E-state index is 0.000500. The van der Waals surface area contributed by atoms with Gasteiger partial charge in [-0.3, -0.25) is 9.79 Å². The largest absolute Gasteiger partial charge is 0.573 e.